The van der Waals surface area contributed by atoms with E-state index in [1.54, 1.807) is 11.0 Å². The number of tetrazole rings is 1. The lowest BCUT2D eigenvalue weighted by Crippen LogP contribution is -2.39. The topological polar surface area (TPSA) is 83.4 Å². The number of fused-ring (bicyclic) bond motifs is 1. The van der Waals surface area contributed by atoms with Crippen LogP contribution in [0.15, 0.2) is 163 Å². The van der Waals surface area contributed by atoms with Gasteiger partial charge >= 0.3 is 0 Å². The Morgan fingerprint density at radius 3 is 1.78 bits per heavy atom. The lowest BCUT2D eigenvalue weighted by Gasteiger charge is -2.34. The average molecular weight is 668 g/mol. The van der Waals surface area contributed by atoms with E-state index in [0.29, 0.717) is 35.9 Å². The van der Waals surface area contributed by atoms with Gasteiger partial charge in [-0.1, -0.05) is 153 Å². The molecule has 0 spiro atoms. The van der Waals surface area contributed by atoms with Crippen LogP contribution in [0.1, 0.15) is 36.1 Å². The Kier molecular flexibility index (Phi) is 8.41. The van der Waals surface area contributed by atoms with Crippen molar-refractivity contribution in [3.05, 3.63) is 190 Å². The molecule has 3 aromatic heterocycles. The molecule has 3 heterocycles. The summed E-state index contributed by atoms with van der Waals surface area (Å²) < 4.78 is 3.82. The van der Waals surface area contributed by atoms with Crippen molar-refractivity contribution in [2.24, 2.45) is 5.92 Å². The number of aromatic nitrogens is 7. The fourth-order valence-electron chi connectivity index (χ4n) is 7.06. The van der Waals surface area contributed by atoms with Crippen molar-refractivity contribution in [2.45, 2.75) is 32.5 Å². The summed E-state index contributed by atoms with van der Waals surface area (Å²) in [6.45, 7) is 5.38. The fourth-order valence-corrected chi connectivity index (χ4v) is 7.06. The molecule has 5 aromatic carbocycles. The van der Waals surface area contributed by atoms with Gasteiger partial charge in [0.1, 0.15) is 0 Å². The third-order valence-electron chi connectivity index (χ3n) is 9.38. The number of nitrogens with zero attached hydrogens (tertiary/aromatic N) is 7. The summed E-state index contributed by atoms with van der Waals surface area (Å²) >= 11 is 0. The molecule has 8 heteroatoms. The van der Waals surface area contributed by atoms with Gasteiger partial charge in [0.05, 0.1) is 11.9 Å². The Hall–Kier alpha value is -6.41. The molecule has 0 fully saturated rings. The molecule has 0 unspecified atom stereocenters. The summed E-state index contributed by atoms with van der Waals surface area (Å²) in [6, 6.07) is 51.4. The first-order valence-electron chi connectivity index (χ1n) is 17.2. The monoisotopic (exact) mass is 667 g/mol. The molecule has 0 saturated carbocycles. The van der Waals surface area contributed by atoms with Crippen LogP contribution in [-0.2, 0) is 18.6 Å². The molecule has 8 aromatic rings. The molecule has 0 saturated heterocycles. The highest BCUT2D eigenvalue weighted by Crippen LogP contribution is 2.40. The van der Waals surface area contributed by atoms with Crippen LogP contribution in [0, 0.1) is 5.92 Å². The smallest absolute Gasteiger partial charge is 0.267 e. The van der Waals surface area contributed by atoms with E-state index >= 15 is 0 Å². The Morgan fingerprint density at radius 1 is 0.627 bits per heavy atom. The van der Waals surface area contributed by atoms with E-state index in [9.17, 15) is 4.79 Å². The van der Waals surface area contributed by atoms with Crippen molar-refractivity contribution in [1.29, 1.82) is 0 Å². The van der Waals surface area contributed by atoms with Crippen LogP contribution in [0.25, 0.3) is 33.5 Å². The molecule has 250 valence electrons. The van der Waals surface area contributed by atoms with E-state index in [2.05, 4.69) is 85.6 Å². The first kappa shape index (κ1) is 31.8. The average Bonchev–Trinajstić information content (AvgIpc) is 3.77. The largest absolute Gasteiger partial charge is 0.276 e. The lowest BCUT2D eigenvalue weighted by atomic mass is 9.77. The molecular formula is C43H37N7O. The standard InChI is InChI=1S/C43H37N7O/c1-31(2)29-49-42(51)39-23-14-28-44-41(39)48(49)30-32-24-26-33(27-25-32)37-21-12-13-22-38(37)40-45-47-50(46-40)43(34-15-6-3-7-16-34,35-17-8-4-9-18-35)36-19-10-5-11-20-36/h3-28,31H,29-30H2,1-2H3. The number of hydrogen-bond acceptors (Lipinski definition) is 5. The Morgan fingerprint density at radius 2 is 1.20 bits per heavy atom. The van der Waals surface area contributed by atoms with Crippen LogP contribution in [-0.4, -0.2) is 34.6 Å². The zero-order valence-corrected chi connectivity index (χ0v) is 28.5. The van der Waals surface area contributed by atoms with Gasteiger partial charge in [-0.25, -0.2) is 9.67 Å². The maximum Gasteiger partial charge on any atom is 0.276 e. The van der Waals surface area contributed by atoms with Crippen molar-refractivity contribution < 1.29 is 0 Å². The van der Waals surface area contributed by atoms with Gasteiger partial charge in [-0.3, -0.25) is 9.48 Å². The van der Waals surface area contributed by atoms with E-state index in [0.717, 1.165) is 38.9 Å². The second kappa shape index (κ2) is 13.5. The Balaban J connectivity index is 1.19. The minimum atomic E-state index is -0.862. The van der Waals surface area contributed by atoms with E-state index in [1.165, 1.54) is 0 Å². The highest BCUT2D eigenvalue weighted by Gasteiger charge is 2.41. The van der Waals surface area contributed by atoms with Gasteiger partial charge in [-0.15, -0.1) is 15.0 Å². The van der Waals surface area contributed by atoms with Crippen molar-refractivity contribution in [3.8, 4) is 22.5 Å². The normalized spacial score (nSPS) is 11.7. The van der Waals surface area contributed by atoms with Crippen LogP contribution >= 0.6 is 0 Å². The quantitative estimate of drug-likeness (QED) is 0.138. The molecule has 0 atom stereocenters. The first-order valence-corrected chi connectivity index (χ1v) is 17.2. The summed E-state index contributed by atoms with van der Waals surface area (Å²) in [6.07, 6.45) is 1.74. The first-order chi connectivity index (χ1) is 25.0. The second-order valence-corrected chi connectivity index (χ2v) is 13.2. The van der Waals surface area contributed by atoms with Gasteiger partial charge in [-0.05, 0) is 56.6 Å². The van der Waals surface area contributed by atoms with Gasteiger partial charge in [0.2, 0.25) is 5.82 Å². The van der Waals surface area contributed by atoms with Crippen molar-refractivity contribution in [3.63, 3.8) is 0 Å². The van der Waals surface area contributed by atoms with E-state index in [1.807, 2.05) is 94.3 Å². The summed E-state index contributed by atoms with van der Waals surface area (Å²) in [7, 11) is 0. The Bertz CT molecular complexity index is 2370. The maximum absolute atomic E-state index is 13.3. The summed E-state index contributed by atoms with van der Waals surface area (Å²) in [5.41, 5.74) is 6.89. The van der Waals surface area contributed by atoms with Crippen molar-refractivity contribution >= 4 is 11.0 Å². The van der Waals surface area contributed by atoms with Crippen molar-refractivity contribution in [1.82, 2.24) is 34.6 Å². The molecule has 0 amide bonds. The SMILES string of the molecule is CC(C)Cn1c(=O)c2cccnc2n1Cc1ccc(-c2ccccc2-c2nnn(C(c3ccccc3)(c3ccccc3)c3ccccc3)n2)cc1. The molecular weight excluding hydrogens is 631 g/mol. The van der Waals surface area contributed by atoms with Gasteiger partial charge in [0, 0.05) is 18.3 Å². The summed E-state index contributed by atoms with van der Waals surface area (Å²) in [4.78, 5) is 19.6. The molecule has 51 heavy (non-hydrogen) atoms. The van der Waals surface area contributed by atoms with Crippen LogP contribution in [0.5, 0.6) is 0 Å². The summed E-state index contributed by atoms with van der Waals surface area (Å²) in [5.74, 6) is 0.846. The van der Waals surface area contributed by atoms with Gasteiger partial charge < -0.3 is 0 Å². The van der Waals surface area contributed by atoms with E-state index in [4.69, 9.17) is 15.4 Å². The molecule has 0 aliphatic carbocycles. The van der Waals surface area contributed by atoms with Crippen LogP contribution < -0.4 is 5.56 Å². The maximum atomic E-state index is 13.3. The van der Waals surface area contributed by atoms with Gasteiger partial charge in [-0.2, -0.15) is 0 Å². The number of benzene rings is 5. The van der Waals surface area contributed by atoms with Crippen LogP contribution in [0.4, 0.5) is 0 Å². The zero-order valence-electron chi connectivity index (χ0n) is 28.5. The highest BCUT2D eigenvalue weighted by molar-refractivity contribution is 5.80. The predicted molar refractivity (Wildman–Crippen MR) is 201 cm³/mol. The second-order valence-electron chi connectivity index (χ2n) is 13.2. The van der Waals surface area contributed by atoms with Crippen molar-refractivity contribution in [2.75, 3.05) is 0 Å². The molecule has 0 aliphatic heterocycles. The molecule has 8 nitrogen and oxygen atoms in total. The third kappa shape index (κ3) is 5.74. The minimum absolute atomic E-state index is 0.00583. The molecule has 0 bridgehead atoms. The Labute approximate surface area is 296 Å². The van der Waals surface area contributed by atoms with E-state index in [-0.39, 0.29) is 5.56 Å². The zero-order chi connectivity index (χ0) is 34.8. The minimum Gasteiger partial charge on any atom is -0.267 e. The third-order valence-corrected chi connectivity index (χ3v) is 9.38. The number of pyridine rings is 1. The predicted octanol–water partition coefficient (Wildman–Crippen LogP) is 8.06. The van der Waals surface area contributed by atoms with Gasteiger partial charge in [0.15, 0.2) is 11.2 Å². The molecule has 0 radical (unpaired) electrons. The number of rotatable bonds is 10. The number of hydrogen-bond donors (Lipinski definition) is 0. The molecule has 8 rings (SSSR count). The highest BCUT2D eigenvalue weighted by atomic mass is 16.1. The molecule has 0 N–H and O–H groups in total. The summed E-state index contributed by atoms with van der Waals surface area (Å²) in [5, 5.41) is 15.3. The van der Waals surface area contributed by atoms with E-state index < -0.39 is 5.54 Å². The van der Waals surface area contributed by atoms with Crippen LogP contribution in [0.2, 0.25) is 0 Å². The molecule has 0 aliphatic rings. The van der Waals surface area contributed by atoms with Crippen LogP contribution in [0.3, 0.4) is 0 Å². The van der Waals surface area contributed by atoms with Gasteiger partial charge in [0.25, 0.3) is 5.56 Å². The fraction of sp³-hybridized carbons (Fsp3) is 0.140. The lowest BCUT2D eigenvalue weighted by molar-refractivity contribution is 0.396.